The van der Waals surface area contributed by atoms with E-state index >= 15 is 0 Å². The molecule has 0 fully saturated rings. The molecule has 2 aromatic rings. The number of aryl methyl sites for hydroxylation is 1. The van der Waals surface area contributed by atoms with Crippen LogP contribution in [0.2, 0.25) is 0 Å². The van der Waals surface area contributed by atoms with Gasteiger partial charge in [-0.25, -0.2) is 21.1 Å². The molecule has 1 aromatic carbocycles. The van der Waals surface area contributed by atoms with Crippen LogP contribution < -0.4 is 0 Å². The van der Waals surface area contributed by atoms with Crippen molar-refractivity contribution in [3.8, 4) is 0 Å². The van der Waals surface area contributed by atoms with Gasteiger partial charge in [0.2, 0.25) is 10.0 Å². The summed E-state index contributed by atoms with van der Waals surface area (Å²) < 4.78 is 54.6. The predicted octanol–water partition coefficient (Wildman–Crippen LogP) is 1.35. The van der Waals surface area contributed by atoms with Crippen molar-refractivity contribution in [2.75, 3.05) is 14.1 Å². The monoisotopic (exact) mass is 358 g/mol. The molecule has 0 radical (unpaired) electrons. The maximum atomic E-state index is 12.2. The van der Waals surface area contributed by atoms with E-state index in [-0.39, 0.29) is 16.4 Å². The standard InChI is InChI=1S/C14H18N2O5S2/c1-11-7-13(15-21-11)10-22(17,18)9-12-5-4-6-14(8-12)23(19,20)16(2)3/h4-8H,9-10H2,1-3H3. The third kappa shape index (κ3) is 4.40. The lowest BCUT2D eigenvalue weighted by molar-refractivity contribution is 0.392. The molecule has 0 aliphatic heterocycles. The molecule has 0 saturated carbocycles. The van der Waals surface area contributed by atoms with Gasteiger partial charge in [0, 0.05) is 20.2 Å². The zero-order valence-corrected chi connectivity index (χ0v) is 14.7. The Hall–Kier alpha value is -1.71. The van der Waals surface area contributed by atoms with Gasteiger partial charge < -0.3 is 4.52 Å². The summed E-state index contributed by atoms with van der Waals surface area (Å²) in [6, 6.07) is 7.49. The number of aromatic nitrogens is 1. The molecule has 1 heterocycles. The highest BCUT2D eigenvalue weighted by Crippen LogP contribution is 2.18. The van der Waals surface area contributed by atoms with Crippen LogP contribution in [0.1, 0.15) is 17.0 Å². The van der Waals surface area contributed by atoms with Crippen molar-refractivity contribution in [3.63, 3.8) is 0 Å². The van der Waals surface area contributed by atoms with Gasteiger partial charge in [-0.05, 0) is 24.6 Å². The maximum absolute atomic E-state index is 12.2. The normalized spacial score (nSPS) is 12.7. The van der Waals surface area contributed by atoms with Gasteiger partial charge in [-0.15, -0.1) is 0 Å². The lowest BCUT2D eigenvalue weighted by atomic mass is 10.2. The van der Waals surface area contributed by atoms with E-state index in [1.54, 1.807) is 19.1 Å². The second-order valence-electron chi connectivity index (χ2n) is 5.40. The highest BCUT2D eigenvalue weighted by atomic mass is 32.2. The molecule has 23 heavy (non-hydrogen) atoms. The van der Waals surface area contributed by atoms with E-state index in [1.807, 2.05) is 0 Å². The van der Waals surface area contributed by atoms with Gasteiger partial charge in [0.05, 0.1) is 22.1 Å². The molecular weight excluding hydrogens is 340 g/mol. The smallest absolute Gasteiger partial charge is 0.242 e. The van der Waals surface area contributed by atoms with Crippen LogP contribution in [-0.2, 0) is 31.4 Å². The van der Waals surface area contributed by atoms with E-state index in [9.17, 15) is 16.8 Å². The summed E-state index contributed by atoms with van der Waals surface area (Å²) in [5.41, 5.74) is 0.743. The SMILES string of the molecule is Cc1cc(CS(=O)(=O)Cc2cccc(S(=O)(=O)N(C)C)c2)no1. The molecule has 0 amide bonds. The number of sulfonamides is 1. The first-order chi connectivity index (χ1) is 10.6. The van der Waals surface area contributed by atoms with E-state index in [1.165, 1.54) is 32.3 Å². The van der Waals surface area contributed by atoms with Crippen molar-refractivity contribution >= 4 is 19.9 Å². The molecule has 0 saturated heterocycles. The molecule has 0 aliphatic carbocycles. The summed E-state index contributed by atoms with van der Waals surface area (Å²) in [5.74, 6) is 0.0132. The van der Waals surface area contributed by atoms with E-state index in [2.05, 4.69) is 5.16 Å². The number of sulfone groups is 1. The maximum Gasteiger partial charge on any atom is 0.242 e. The van der Waals surface area contributed by atoms with Crippen LogP contribution in [0.5, 0.6) is 0 Å². The predicted molar refractivity (Wildman–Crippen MR) is 84.9 cm³/mol. The Bertz CT molecular complexity index is 899. The third-order valence-electron chi connectivity index (χ3n) is 3.11. The van der Waals surface area contributed by atoms with Crippen LogP contribution in [0.3, 0.4) is 0 Å². The summed E-state index contributed by atoms with van der Waals surface area (Å²) in [6.45, 7) is 1.68. The van der Waals surface area contributed by atoms with Crippen molar-refractivity contribution in [2.24, 2.45) is 0 Å². The van der Waals surface area contributed by atoms with Gasteiger partial charge in [0.1, 0.15) is 5.76 Å². The molecule has 7 nitrogen and oxygen atoms in total. The van der Waals surface area contributed by atoms with Crippen LogP contribution in [0.4, 0.5) is 0 Å². The Labute approximate surface area is 135 Å². The van der Waals surface area contributed by atoms with Gasteiger partial charge in [-0.1, -0.05) is 17.3 Å². The quantitative estimate of drug-likeness (QED) is 0.773. The van der Waals surface area contributed by atoms with Crippen LogP contribution >= 0.6 is 0 Å². The minimum absolute atomic E-state index is 0.0625. The second kappa shape index (κ2) is 6.42. The number of hydrogen-bond acceptors (Lipinski definition) is 6. The number of rotatable bonds is 6. The van der Waals surface area contributed by atoms with Crippen LogP contribution in [0.15, 0.2) is 39.8 Å². The molecule has 126 valence electrons. The largest absolute Gasteiger partial charge is 0.361 e. The number of nitrogens with zero attached hydrogens (tertiary/aromatic N) is 2. The first kappa shape index (κ1) is 17.6. The fourth-order valence-corrected chi connectivity index (χ4v) is 4.37. The first-order valence-electron chi connectivity index (χ1n) is 6.74. The Morgan fingerprint density at radius 1 is 1.09 bits per heavy atom. The highest BCUT2D eigenvalue weighted by Gasteiger charge is 2.20. The molecule has 0 N–H and O–H groups in total. The van der Waals surface area contributed by atoms with E-state index < -0.39 is 19.9 Å². The molecule has 0 spiro atoms. The average molecular weight is 358 g/mol. The molecule has 0 atom stereocenters. The van der Waals surface area contributed by atoms with Crippen molar-refractivity contribution in [2.45, 2.75) is 23.3 Å². The summed E-state index contributed by atoms with van der Waals surface area (Å²) in [6.07, 6.45) is 0. The van der Waals surface area contributed by atoms with Crippen molar-refractivity contribution in [1.29, 1.82) is 0 Å². The fourth-order valence-electron chi connectivity index (χ4n) is 2.02. The molecular formula is C14H18N2O5S2. The Morgan fingerprint density at radius 2 is 1.78 bits per heavy atom. The topological polar surface area (TPSA) is 97.5 Å². The van der Waals surface area contributed by atoms with Gasteiger partial charge in [0.25, 0.3) is 0 Å². The van der Waals surface area contributed by atoms with Gasteiger partial charge in [-0.2, -0.15) is 0 Å². The minimum Gasteiger partial charge on any atom is -0.361 e. The molecule has 2 rings (SSSR count). The zero-order valence-electron chi connectivity index (χ0n) is 13.1. The third-order valence-corrected chi connectivity index (χ3v) is 6.43. The van der Waals surface area contributed by atoms with Crippen molar-refractivity contribution < 1.29 is 21.4 Å². The van der Waals surface area contributed by atoms with E-state index in [0.717, 1.165) is 4.31 Å². The summed E-state index contributed by atoms with van der Waals surface area (Å²) in [4.78, 5) is 0.0625. The molecule has 0 unspecified atom stereocenters. The molecule has 1 aromatic heterocycles. The Kier molecular flexibility index (Phi) is 4.92. The summed E-state index contributed by atoms with van der Waals surface area (Å²) in [5, 5.41) is 3.67. The second-order valence-corrected chi connectivity index (χ2v) is 9.61. The Balaban J connectivity index is 2.23. The number of benzene rings is 1. The first-order valence-corrected chi connectivity index (χ1v) is 10.0. The lowest BCUT2D eigenvalue weighted by Gasteiger charge is -2.12. The Morgan fingerprint density at radius 3 is 2.35 bits per heavy atom. The molecule has 9 heteroatoms. The van der Waals surface area contributed by atoms with Crippen LogP contribution in [0, 0.1) is 6.92 Å². The molecule has 0 bridgehead atoms. The van der Waals surface area contributed by atoms with Crippen molar-refractivity contribution in [1.82, 2.24) is 9.46 Å². The van der Waals surface area contributed by atoms with Crippen LogP contribution in [0.25, 0.3) is 0 Å². The van der Waals surface area contributed by atoms with E-state index in [0.29, 0.717) is 17.0 Å². The lowest BCUT2D eigenvalue weighted by Crippen LogP contribution is -2.22. The van der Waals surface area contributed by atoms with Gasteiger partial charge >= 0.3 is 0 Å². The molecule has 0 aliphatic rings. The highest BCUT2D eigenvalue weighted by molar-refractivity contribution is 7.90. The minimum atomic E-state index is -3.60. The zero-order chi connectivity index (χ0) is 17.3. The van der Waals surface area contributed by atoms with Crippen LogP contribution in [-0.4, -0.2) is 40.4 Å². The van der Waals surface area contributed by atoms with E-state index in [4.69, 9.17) is 4.52 Å². The van der Waals surface area contributed by atoms with Gasteiger partial charge in [-0.3, -0.25) is 0 Å². The summed E-state index contributed by atoms with van der Waals surface area (Å²) >= 11 is 0. The fraction of sp³-hybridized carbons (Fsp3) is 0.357. The average Bonchev–Trinajstić information content (AvgIpc) is 2.82. The number of hydrogen-bond donors (Lipinski definition) is 0. The van der Waals surface area contributed by atoms with Gasteiger partial charge in [0.15, 0.2) is 9.84 Å². The summed E-state index contributed by atoms with van der Waals surface area (Å²) in [7, 11) is -4.24. The van der Waals surface area contributed by atoms with Crippen molar-refractivity contribution in [3.05, 3.63) is 47.3 Å².